The predicted molar refractivity (Wildman–Crippen MR) is 108 cm³/mol. The second kappa shape index (κ2) is 6.57. The van der Waals surface area contributed by atoms with E-state index in [1.165, 1.54) is 42.7 Å². The normalized spacial score (nSPS) is 18.8. The highest BCUT2D eigenvalue weighted by molar-refractivity contribution is 7.93. The molecule has 150 valence electrons. The summed E-state index contributed by atoms with van der Waals surface area (Å²) >= 11 is 0. The highest BCUT2D eigenvalue weighted by Crippen LogP contribution is 2.51. The molecule has 0 bridgehead atoms. The van der Waals surface area contributed by atoms with Crippen molar-refractivity contribution < 1.29 is 16.8 Å². The maximum absolute atomic E-state index is 13.4. The van der Waals surface area contributed by atoms with Crippen LogP contribution < -0.4 is 4.31 Å². The van der Waals surface area contributed by atoms with E-state index in [-0.39, 0.29) is 15.2 Å². The van der Waals surface area contributed by atoms with E-state index in [0.717, 1.165) is 41.2 Å². The monoisotopic (exact) mass is 420 g/mol. The third kappa shape index (κ3) is 2.86. The molecule has 1 fully saturated rings. The van der Waals surface area contributed by atoms with Crippen molar-refractivity contribution in [1.29, 1.82) is 0 Å². The minimum atomic E-state index is -3.77. The summed E-state index contributed by atoms with van der Waals surface area (Å²) in [5.41, 5.74) is 1.76. The van der Waals surface area contributed by atoms with E-state index < -0.39 is 20.0 Å². The Kier molecular flexibility index (Phi) is 4.56. The van der Waals surface area contributed by atoms with Crippen molar-refractivity contribution in [2.45, 2.75) is 40.9 Å². The number of para-hydroxylation sites is 1. The van der Waals surface area contributed by atoms with Crippen LogP contribution in [0.25, 0.3) is 0 Å². The molecule has 1 aliphatic heterocycles. The lowest BCUT2D eigenvalue weighted by Crippen LogP contribution is -2.35. The summed E-state index contributed by atoms with van der Waals surface area (Å²) in [4.78, 5) is 0.181. The van der Waals surface area contributed by atoms with E-state index in [4.69, 9.17) is 0 Å². The summed E-state index contributed by atoms with van der Waals surface area (Å²) in [7, 11) is -4.48. The van der Waals surface area contributed by atoms with Gasteiger partial charge in [0.05, 0.1) is 15.5 Å². The van der Waals surface area contributed by atoms with E-state index in [2.05, 4.69) is 0 Å². The summed E-state index contributed by atoms with van der Waals surface area (Å²) in [5.74, 6) is 0. The Labute approximate surface area is 166 Å². The van der Waals surface area contributed by atoms with Gasteiger partial charge in [-0.1, -0.05) is 31.0 Å². The fourth-order valence-corrected chi connectivity index (χ4v) is 6.87. The topological polar surface area (TPSA) is 74.8 Å². The zero-order valence-corrected chi connectivity index (χ0v) is 17.6. The number of rotatable bonds is 4. The smallest absolute Gasteiger partial charge is 0.264 e. The van der Waals surface area contributed by atoms with Gasteiger partial charge in [0.1, 0.15) is 0 Å². The average molecular weight is 421 g/mol. The van der Waals surface area contributed by atoms with E-state index >= 15 is 0 Å². The molecule has 0 radical (unpaired) electrons. The van der Waals surface area contributed by atoms with Crippen molar-refractivity contribution in [3.8, 4) is 0 Å². The average Bonchev–Trinajstić information content (AvgIpc) is 3.28. The molecule has 8 heteroatoms. The van der Waals surface area contributed by atoms with Gasteiger partial charge in [-0.15, -0.1) is 0 Å². The number of nitrogens with zero attached hydrogens (tertiary/aromatic N) is 2. The van der Waals surface area contributed by atoms with Gasteiger partial charge in [0, 0.05) is 26.1 Å². The first-order chi connectivity index (χ1) is 13.2. The van der Waals surface area contributed by atoms with Crippen molar-refractivity contribution in [1.82, 2.24) is 4.31 Å². The Hall–Kier alpha value is -1.90. The van der Waals surface area contributed by atoms with Gasteiger partial charge in [0.2, 0.25) is 10.0 Å². The maximum Gasteiger partial charge on any atom is 0.264 e. The molecule has 4 rings (SSSR count). The standard InChI is InChI=1S/C20H24N2O4S2/c1-21(2)27(23,24)16-9-11-17(12-10-16)28(25,26)22-15-20(13-5-6-14-20)18-7-3-4-8-19(18)22/h3-4,7-12H,5-6,13-15H2,1-2H3. The zero-order chi connectivity index (χ0) is 20.2. The molecule has 1 saturated carbocycles. The summed E-state index contributed by atoms with van der Waals surface area (Å²) in [5, 5.41) is 0. The SMILES string of the molecule is CN(C)S(=O)(=O)c1ccc(S(=O)(=O)N2CC3(CCCC3)c3ccccc32)cc1. The molecule has 6 nitrogen and oxygen atoms in total. The molecule has 0 unspecified atom stereocenters. The van der Waals surface area contributed by atoms with Crippen LogP contribution in [0.5, 0.6) is 0 Å². The van der Waals surface area contributed by atoms with Gasteiger partial charge in [-0.25, -0.2) is 21.1 Å². The Morgan fingerprint density at radius 3 is 2.04 bits per heavy atom. The van der Waals surface area contributed by atoms with Crippen LogP contribution >= 0.6 is 0 Å². The molecule has 0 amide bonds. The summed E-state index contributed by atoms with van der Waals surface area (Å²) < 4.78 is 53.9. The summed E-state index contributed by atoms with van der Waals surface area (Å²) in [6.45, 7) is 0.451. The molecule has 2 aromatic carbocycles. The van der Waals surface area contributed by atoms with Crippen LogP contribution in [0.1, 0.15) is 31.2 Å². The molecule has 1 heterocycles. The molecule has 2 aliphatic rings. The van der Waals surface area contributed by atoms with E-state index in [0.29, 0.717) is 6.54 Å². The van der Waals surface area contributed by atoms with Gasteiger partial charge in [0.25, 0.3) is 10.0 Å². The predicted octanol–water partition coefficient (Wildman–Crippen LogP) is 2.96. The van der Waals surface area contributed by atoms with Crippen LogP contribution in [0.15, 0.2) is 58.3 Å². The van der Waals surface area contributed by atoms with Crippen LogP contribution in [0.4, 0.5) is 5.69 Å². The van der Waals surface area contributed by atoms with Gasteiger partial charge in [0.15, 0.2) is 0 Å². The van der Waals surface area contributed by atoms with Gasteiger partial charge in [-0.05, 0) is 48.7 Å². The number of fused-ring (bicyclic) bond motifs is 2. The molecule has 0 atom stereocenters. The third-order valence-electron chi connectivity index (χ3n) is 5.94. The van der Waals surface area contributed by atoms with E-state index in [1.807, 2.05) is 24.3 Å². The first kappa shape index (κ1) is 19.4. The highest BCUT2D eigenvalue weighted by Gasteiger charge is 2.47. The molecule has 1 aliphatic carbocycles. The lowest BCUT2D eigenvalue weighted by molar-refractivity contribution is 0.477. The van der Waals surface area contributed by atoms with E-state index in [1.54, 1.807) is 0 Å². The Morgan fingerprint density at radius 1 is 0.857 bits per heavy atom. The molecule has 0 N–H and O–H groups in total. The van der Waals surface area contributed by atoms with Crippen LogP contribution in [-0.2, 0) is 25.5 Å². The number of sulfonamides is 2. The van der Waals surface area contributed by atoms with Crippen LogP contribution in [0, 0.1) is 0 Å². The molecule has 0 saturated heterocycles. The number of hydrogen-bond donors (Lipinski definition) is 0. The molecule has 2 aromatic rings. The number of anilines is 1. The first-order valence-electron chi connectivity index (χ1n) is 9.33. The highest BCUT2D eigenvalue weighted by atomic mass is 32.2. The van der Waals surface area contributed by atoms with Gasteiger partial charge >= 0.3 is 0 Å². The van der Waals surface area contributed by atoms with Gasteiger partial charge in [-0.3, -0.25) is 4.31 Å². The van der Waals surface area contributed by atoms with Crippen LogP contribution in [0.2, 0.25) is 0 Å². The van der Waals surface area contributed by atoms with Crippen LogP contribution in [-0.4, -0.2) is 41.8 Å². The molecular formula is C20H24N2O4S2. The van der Waals surface area contributed by atoms with E-state index in [9.17, 15) is 16.8 Å². The minimum Gasteiger partial charge on any atom is -0.265 e. The maximum atomic E-state index is 13.4. The Balaban J connectivity index is 1.74. The fraction of sp³-hybridized carbons (Fsp3) is 0.400. The lowest BCUT2D eigenvalue weighted by atomic mass is 9.81. The van der Waals surface area contributed by atoms with Crippen molar-refractivity contribution in [3.63, 3.8) is 0 Å². The summed E-state index contributed by atoms with van der Waals surface area (Å²) in [6, 6.07) is 13.2. The fourth-order valence-electron chi connectivity index (χ4n) is 4.40. The van der Waals surface area contributed by atoms with Crippen molar-refractivity contribution >= 4 is 25.7 Å². The number of hydrogen-bond acceptors (Lipinski definition) is 4. The van der Waals surface area contributed by atoms with Crippen molar-refractivity contribution in [2.24, 2.45) is 0 Å². The Bertz CT molecular complexity index is 1100. The molecular weight excluding hydrogens is 396 g/mol. The largest absolute Gasteiger partial charge is 0.265 e. The number of benzene rings is 2. The summed E-state index contributed by atoms with van der Waals surface area (Å²) in [6.07, 6.45) is 4.21. The zero-order valence-electron chi connectivity index (χ0n) is 16.0. The molecule has 0 aromatic heterocycles. The second-order valence-corrected chi connectivity index (χ2v) is 11.8. The van der Waals surface area contributed by atoms with Crippen molar-refractivity contribution in [3.05, 3.63) is 54.1 Å². The molecule has 28 heavy (non-hydrogen) atoms. The van der Waals surface area contributed by atoms with Gasteiger partial charge < -0.3 is 0 Å². The second-order valence-electron chi connectivity index (χ2n) is 7.78. The first-order valence-corrected chi connectivity index (χ1v) is 12.2. The molecule has 1 spiro atoms. The quantitative estimate of drug-likeness (QED) is 0.762. The van der Waals surface area contributed by atoms with Crippen LogP contribution in [0.3, 0.4) is 0 Å². The third-order valence-corrected chi connectivity index (χ3v) is 9.54. The minimum absolute atomic E-state index is 0.0746. The van der Waals surface area contributed by atoms with Gasteiger partial charge in [-0.2, -0.15) is 0 Å². The Morgan fingerprint density at radius 2 is 1.43 bits per heavy atom. The lowest BCUT2D eigenvalue weighted by Gasteiger charge is -2.25. The van der Waals surface area contributed by atoms with Crippen molar-refractivity contribution in [2.75, 3.05) is 24.9 Å².